The molecular formula is C18H22N2O5. The Hall–Kier alpha value is -2.64. The molecule has 7 heteroatoms. The number of aryl methyl sites for hydroxylation is 1. The smallest absolute Gasteiger partial charge is 0.407 e. The Morgan fingerprint density at radius 1 is 1.20 bits per heavy atom. The van der Waals surface area contributed by atoms with Crippen molar-refractivity contribution in [2.45, 2.75) is 25.7 Å². The number of aliphatic hydroxyl groups excluding tert-OH is 2. The summed E-state index contributed by atoms with van der Waals surface area (Å²) < 4.78 is 10.1. The second-order valence-electron chi connectivity index (χ2n) is 5.48. The molecule has 0 fully saturated rings. The molecule has 2 unspecified atom stereocenters. The number of alkyl carbamates (subject to hydrolysis) is 1. The molecule has 1 heterocycles. The van der Waals surface area contributed by atoms with E-state index in [0.29, 0.717) is 17.1 Å². The predicted molar refractivity (Wildman–Crippen MR) is 91.1 cm³/mol. The molecule has 7 nitrogen and oxygen atoms in total. The number of hydrogen-bond donors (Lipinski definition) is 3. The normalized spacial score (nSPS) is 13.0. The summed E-state index contributed by atoms with van der Waals surface area (Å²) in [5.41, 5.74) is 1.86. The molecule has 3 N–H and O–H groups in total. The van der Waals surface area contributed by atoms with Gasteiger partial charge < -0.3 is 25.0 Å². The molecular weight excluding hydrogens is 324 g/mol. The van der Waals surface area contributed by atoms with Gasteiger partial charge in [0.15, 0.2) is 0 Å². The van der Waals surface area contributed by atoms with E-state index in [1.54, 1.807) is 19.1 Å². The van der Waals surface area contributed by atoms with Crippen molar-refractivity contribution >= 4 is 6.09 Å². The number of ether oxygens (including phenoxy) is 2. The fourth-order valence-corrected chi connectivity index (χ4v) is 2.26. The summed E-state index contributed by atoms with van der Waals surface area (Å²) in [5.74, 6) is 0.422. The Balaban J connectivity index is 1.82. The third-order valence-electron chi connectivity index (χ3n) is 3.66. The summed E-state index contributed by atoms with van der Waals surface area (Å²) in [6, 6.07) is 12.5. The predicted octanol–water partition coefficient (Wildman–Crippen LogP) is 1.72. The molecule has 0 bridgehead atoms. The molecule has 1 amide bonds. The van der Waals surface area contributed by atoms with Crippen LogP contribution in [0.5, 0.6) is 5.88 Å². The van der Waals surface area contributed by atoms with Crippen LogP contribution in [0.3, 0.4) is 0 Å². The number of carbonyl (C=O) groups is 1. The number of nitrogens with zero attached hydrogens (tertiary/aromatic N) is 1. The van der Waals surface area contributed by atoms with E-state index in [0.717, 1.165) is 5.56 Å². The van der Waals surface area contributed by atoms with E-state index < -0.39 is 18.3 Å². The minimum Gasteiger partial charge on any atom is -0.481 e. The topological polar surface area (TPSA) is 101 Å². The number of hydrogen-bond acceptors (Lipinski definition) is 6. The molecule has 0 aliphatic carbocycles. The maximum Gasteiger partial charge on any atom is 0.407 e. The van der Waals surface area contributed by atoms with E-state index in [-0.39, 0.29) is 13.2 Å². The first kappa shape index (κ1) is 18.7. The third kappa shape index (κ3) is 5.44. The molecule has 0 aliphatic heterocycles. The SMILES string of the molecule is COc1ccc(C(O)C(O)CNC(=O)OCc2ccccc2)c(C)n1. The van der Waals surface area contributed by atoms with Gasteiger partial charge in [0, 0.05) is 23.9 Å². The highest BCUT2D eigenvalue weighted by Gasteiger charge is 2.22. The van der Waals surface area contributed by atoms with Crippen LogP contribution < -0.4 is 10.1 Å². The molecule has 1 aromatic heterocycles. The molecule has 25 heavy (non-hydrogen) atoms. The fourth-order valence-electron chi connectivity index (χ4n) is 2.26. The van der Waals surface area contributed by atoms with Gasteiger partial charge in [-0.1, -0.05) is 30.3 Å². The van der Waals surface area contributed by atoms with E-state index in [1.807, 2.05) is 30.3 Å². The number of carbonyl (C=O) groups excluding carboxylic acids is 1. The van der Waals surface area contributed by atoms with E-state index in [9.17, 15) is 15.0 Å². The van der Waals surface area contributed by atoms with Gasteiger partial charge in [0.2, 0.25) is 5.88 Å². The molecule has 0 radical (unpaired) electrons. The lowest BCUT2D eigenvalue weighted by Gasteiger charge is -2.20. The average molecular weight is 346 g/mol. The van der Waals surface area contributed by atoms with Crippen molar-refractivity contribution in [1.82, 2.24) is 10.3 Å². The molecule has 2 aromatic rings. The summed E-state index contributed by atoms with van der Waals surface area (Å²) >= 11 is 0. The van der Waals surface area contributed by atoms with Crippen LogP contribution in [-0.2, 0) is 11.3 Å². The van der Waals surface area contributed by atoms with Crippen LogP contribution in [-0.4, -0.2) is 41.0 Å². The van der Waals surface area contributed by atoms with Crippen LogP contribution in [0.25, 0.3) is 0 Å². The molecule has 1 aromatic carbocycles. The van der Waals surface area contributed by atoms with Crippen molar-refractivity contribution in [3.8, 4) is 5.88 Å². The Morgan fingerprint density at radius 3 is 2.56 bits per heavy atom. The maximum absolute atomic E-state index is 11.7. The minimum absolute atomic E-state index is 0.132. The van der Waals surface area contributed by atoms with Crippen molar-refractivity contribution in [3.63, 3.8) is 0 Å². The van der Waals surface area contributed by atoms with Gasteiger partial charge >= 0.3 is 6.09 Å². The first-order valence-corrected chi connectivity index (χ1v) is 7.83. The zero-order valence-corrected chi connectivity index (χ0v) is 14.2. The summed E-state index contributed by atoms with van der Waals surface area (Å²) in [5, 5.41) is 22.7. The van der Waals surface area contributed by atoms with Crippen molar-refractivity contribution in [1.29, 1.82) is 0 Å². The van der Waals surface area contributed by atoms with E-state index in [2.05, 4.69) is 10.3 Å². The number of aliphatic hydroxyl groups is 2. The monoisotopic (exact) mass is 346 g/mol. The summed E-state index contributed by atoms with van der Waals surface area (Å²) in [4.78, 5) is 15.8. The summed E-state index contributed by atoms with van der Waals surface area (Å²) in [7, 11) is 1.50. The van der Waals surface area contributed by atoms with Gasteiger partial charge in [-0.2, -0.15) is 0 Å². The molecule has 134 valence electrons. The lowest BCUT2D eigenvalue weighted by Crippen LogP contribution is -2.36. The van der Waals surface area contributed by atoms with Crippen LogP contribution in [0.2, 0.25) is 0 Å². The zero-order valence-electron chi connectivity index (χ0n) is 14.2. The van der Waals surface area contributed by atoms with Crippen LogP contribution in [0.4, 0.5) is 4.79 Å². The van der Waals surface area contributed by atoms with Crippen molar-refractivity contribution in [2.75, 3.05) is 13.7 Å². The molecule has 0 aliphatic rings. The van der Waals surface area contributed by atoms with E-state index in [4.69, 9.17) is 9.47 Å². The van der Waals surface area contributed by atoms with Crippen LogP contribution in [0.15, 0.2) is 42.5 Å². The lowest BCUT2D eigenvalue weighted by atomic mass is 10.0. The van der Waals surface area contributed by atoms with Crippen molar-refractivity contribution in [3.05, 3.63) is 59.3 Å². The van der Waals surface area contributed by atoms with Crippen LogP contribution >= 0.6 is 0 Å². The number of pyridine rings is 1. The van der Waals surface area contributed by atoms with E-state index in [1.165, 1.54) is 7.11 Å². The minimum atomic E-state index is -1.20. The largest absolute Gasteiger partial charge is 0.481 e. The summed E-state index contributed by atoms with van der Waals surface area (Å²) in [6.07, 6.45) is -3.05. The highest BCUT2D eigenvalue weighted by Crippen LogP contribution is 2.21. The second-order valence-corrected chi connectivity index (χ2v) is 5.48. The Bertz CT molecular complexity index is 693. The lowest BCUT2D eigenvalue weighted by molar-refractivity contribution is 0.0178. The van der Waals surface area contributed by atoms with Gasteiger partial charge in [0.25, 0.3) is 0 Å². The van der Waals surface area contributed by atoms with Gasteiger partial charge in [-0.15, -0.1) is 0 Å². The first-order chi connectivity index (χ1) is 12.0. The number of nitrogens with one attached hydrogen (secondary N) is 1. The molecule has 0 saturated carbocycles. The van der Waals surface area contributed by atoms with Gasteiger partial charge in [0.05, 0.1) is 7.11 Å². The maximum atomic E-state index is 11.7. The Kier molecular flexibility index (Phi) is 6.73. The third-order valence-corrected chi connectivity index (χ3v) is 3.66. The molecule has 0 spiro atoms. The van der Waals surface area contributed by atoms with Gasteiger partial charge in [-0.3, -0.25) is 0 Å². The highest BCUT2D eigenvalue weighted by atomic mass is 16.5. The molecule has 2 rings (SSSR count). The van der Waals surface area contributed by atoms with Gasteiger partial charge in [0.1, 0.15) is 18.8 Å². The fraction of sp³-hybridized carbons (Fsp3) is 0.333. The number of rotatable bonds is 7. The Morgan fingerprint density at radius 2 is 1.92 bits per heavy atom. The number of amides is 1. The van der Waals surface area contributed by atoms with E-state index >= 15 is 0 Å². The number of aromatic nitrogens is 1. The summed E-state index contributed by atoms with van der Waals surface area (Å²) in [6.45, 7) is 1.68. The second kappa shape index (κ2) is 9.00. The van der Waals surface area contributed by atoms with Crippen LogP contribution in [0.1, 0.15) is 22.9 Å². The molecule has 2 atom stereocenters. The van der Waals surface area contributed by atoms with Gasteiger partial charge in [-0.05, 0) is 18.6 Å². The zero-order chi connectivity index (χ0) is 18.2. The number of methoxy groups -OCH3 is 1. The highest BCUT2D eigenvalue weighted by molar-refractivity contribution is 5.67. The first-order valence-electron chi connectivity index (χ1n) is 7.83. The van der Waals surface area contributed by atoms with Gasteiger partial charge in [-0.25, -0.2) is 9.78 Å². The number of benzene rings is 1. The molecule has 0 saturated heterocycles. The Labute approximate surface area is 146 Å². The quantitative estimate of drug-likeness (QED) is 0.706. The van der Waals surface area contributed by atoms with Crippen molar-refractivity contribution < 1.29 is 24.5 Å². The van der Waals surface area contributed by atoms with Crippen molar-refractivity contribution in [2.24, 2.45) is 0 Å². The average Bonchev–Trinajstić information content (AvgIpc) is 2.64. The van der Waals surface area contributed by atoms with Crippen LogP contribution in [0, 0.1) is 6.92 Å². The standard InChI is InChI=1S/C18H22N2O5/c1-12-14(8-9-16(20-12)24-2)17(22)15(21)10-19-18(23)25-11-13-6-4-3-5-7-13/h3-9,15,17,21-22H,10-11H2,1-2H3,(H,19,23).